The van der Waals surface area contributed by atoms with E-state index in [9.17, 15) is 0 Å². The fourth-order valence-electron chi connectivity index (χ4n) is 1.24. The van der Waals surface area contributed by atoms with E-state index in [2.05, 4.69) is 60.2 Å². The van der Waals surface area contributed by atoms with Crippen molar-refractivity contribution in [1.82, 2.24) is 0 Å². The van der Waals surface area contributed by atoms with Crippen LogP contribution in [0.4, 0.5) is 0 Å². The van der Waals surface area contributed by atoms with Crippen molar-refractivity contribution in [2.24, 2.45) is 0 Å². The van der Waals surface area contributed by atoms with Crippen LogP contribution in [-0.2, 0) is 0 Å². The third kappa shape index (κ3) is 2.33. The van der Waals surface area contributed by atoms with Gasteiger partial charge in [0.05, 0.1) is 0 Å². The molecule has 0 nitrogen and oxygen atoms in total. The summed E-state index contributed by atoms with van der Waals surface area (Å²) in [5.41, 5.74) is 3.83. The second-order valence-electron chi connectivity index (χ2n) is 3.30. The Morgan fingerprint density at radius 2 is 1.64 bits per heavy atom. The molecule has 0 unspecified atom stereocenters. The van der Waals surface area contributed by atoms with Crippen LogP contribution < -0.4 is 0 Å². The second-order valence-corrected chi connectivity index (χ2v) is 4.08. The molecule has 1 heterocycles. The summed E-state index contributed by atoms with van der Waals surface area (Å²) >= 11 is 1.73. The van der Waals surface area contributed by atoms with Crippen molar-refractivity contribution >= 4 is 23.5 Å². The third-order valence-electron chi connectivity index (χ3n) is 2.09. The van der Waals surface area contributed by atoms with Gasteiger partial charge in [-0.2, -0.15) is 11.3 Å². The molecule has 2 aromatic rings. The Morgan fingerprint density at radius 1 is 0.929 bits per heavy atom. The molecular weight excluding hydrogens is 188 g/mol. The van der Waals surface area contributed by atoms with Gasteiger partial charge in [0.15, 0.2) is 0 Å². The van der Waals surface area contributed by atoms with E-state index in [0.29, 0.717) is 0 Å². The molecule has 0 saturated heterocycles. The minimum absolute atomic E-state index is 1.25. The highest BCUT2D eigenvalue weighted by molar-refractivity contribution is 7.08. The SMILES string of the molecule is Cc1ccc(/C=C/c2ccsc2)cc1. The van der Waals surface area contributed by atoms with E-state index in [4.69, 9.17) is 0 Å². The molecule has 14 heavy (non-hydrogen) atoms. The molecule has 0 spiro atoms. The molecule has 0 saturated carbocycles. The minimum atomic E-state index is 1.25. The molecule has 0 radical (unpaired) electrons. The molecule has 0 bridgehead atoms. The van der Waals surface area contributed by atoms with Crippen LogP contribution in [0.2, 0.25) is 0 Å². The lowest BCUT2D eigenvalue weighted by Crippen LogP contribution is -1.72. The zero-order valence-corrected chi connectivity index (χ0v) is 8.92. The van der Waals surface area contributed by atoms with Crippen molar-refractivity contribution in [1.29, 1.82) is 0 Å². The molecule has 0 aliphatic rings. The van der Waals surface area contributed by atoms with Gasteiger partial charge in [-0.1, -0.05) is 42.0 Å². The van der Waals surface area contributed by atoms with Gasteiger partial charge in [0.25, 0.3) is 0 Å². The van der Waals surface area contributed by atoms with Crippen molar-refractivity contribution in [2.45, 2.75) is 6.92 Å². The van der Waals surface area contributed by atoms with E-state index in [1.807, 2.05) is 0 Å². The van der Waals surface area contributed by atoms with Gasteiger partial charge in [0.1, 0.15) is 0 Å². The maximum absolute atomic E-state index is 2.14. The van der Waals surface area contributed by atoms with Crippen molar-refractivity contribution in [3.63, 3.8) is 0 Å². The Morgan fingerprint density at radius 3 is 2.29 bits per heavy atom. The predicted octanol–water partition coefficient (Wildman–Crippen LogP) is 4.23. The minimum Gasteiger partial charge on any atom is -0.152 e. The van der Waals surface area contributed by atoms with E-state index in [-0.39, 0.29) is 0 Å². The molecule has 0 aliphatic heterocycles. The fourth-order valence-corrected chi connectivity index (χ4v) is 1.87. The van der Waals surface area contributed by atoms with Crippen LogP contribution in [0.5, 0.6) is 0 Å². The monoisotopic (exact) mass is 200 g/mol. The first-order valence-electron chi connectivity index (χ1n) is 4.61. The maximum atomic E-state index is 2.14. The van der Waals surface area contributed by atoms with Crippen LogP contribution in [0.1, 0.15) is 16.7 Å². The van der Waals surface area contributed by atoms with E-state index >= 15 is 0 Å². The van der Waals surface area contributed by atoms with Gasteiger partial charge in [-0.3, -0.25) is 0 Å². The Bertz CT molecular complexity index is 407. The summed E-state index contributed by atoms with van der Waals surface area (Å²) in [7, 11) is 0. The largest absolute Gasteiger partial charge is 0.152 e. The van der Waals surface area contributed by atoms with E-state index in [1.165, 1.54) is 16.7 Å². The van der Waals surface area contributed by atoms with Gasteiger partial charge in [0.2, 0.25) is 0 Å². The zero-order valence-electron chi connectivity index (χ0n) is 8.10. The summed E-state index contributed by atoms with van der Waals surface area (Å²) in [6.07, 6.45) is 4.28. The van der Waals surface area contributed by atoms with Crippen LogP contribution in [0.15, 0.2) is 41.1 Å². The van der Waals surface area contributed by atoms with Gasteiger partial charge < -0.3 is 0 Å². The Labute approximate surface area is 88.5 Å². The van der Waals surface area contributed by atoms with Crippen molar-refractivity contribution in [3.8, 4) is 0 Å². The topological polar surface area (TPSA) is 0 Å². The number of aryl methyl sites for hydroxylation is 1. The molecule has 1 heteroatoms. The van der Waals surface area contributed by atoms with Gasteiger partial charge in [0, 0.05) is 0 Å². The van der Waals surface area contributed by atoms with Gasteiger partial charge in [-0.05, 0) is 34.9 Å². The van der Waals surface area contributed by atoms with Crippen LogP contribution in [-0.4, -0.2) is 0 Å². The lowest BCUT2D eigenvalue weighted by molar-refractivity contribution is 1.46. The summed E-state index contributed by atoms with van der Waals surface area (Å²) in [5.74, 6) is 0. The molecule has 70 valence electrons. The van der Waals surface area contributed by atoms with Crippen molar-refractivity contribution < 1.29 is 0 Å². The van der Waals surface area contributed by atoms with Gasteiger partial charge >= 0.3 is 0 Å². The molecule has 1 aromatic heterocycles. The maximum Gasteiger partial charge on any atom is -0.00208 e. The lowest BCUT2D eigenvalue weighted by atomic mass is 10.1. The highest BCUT2D eigenvalue weighted by Crippen LogP contribution is 2.11. The first-order chi connectivity index (χ1) is 6.84. The Kier molecular flexibility index (Phi) is 2.80. The molecule has 2 rings (SSSR count). The second kappa shape index (κ2) is 4.25. The summed E-state index contributed by atoms with van der Waals surface area (Å²) in [5, 5.41) is 4.24. The lowest BCUT2D eigenvalue weighted by Gasteiger charge is -1.93. The third-order valence-corrected chi connectivity index (χ3v) is 2.79. The molecule has 0 atom stereocenters. The summed E-state index contributed by atoms with van der Waals surface area (Å²) in [6, 6.07) is 10.7. The quantitative estimate of drug-likeness (QED) is 0.680. The summed E-state index contributed by atoms with van der Waals surface area (Å²) < 4.78 is 0. The number of hydrogen-bond donors (Lipinski definition) is 0. The van der Waals surface area contributed by atoms with Gasteiger partial charge in [-0.25, -0.2) is 0 Å². The normalized spacial score (nSPS) is 10.9. The highest BCUT2D eigenvalue weighted by Gasteiger charge is 1.87. The number of rotatable bonds is 2. The molecule has 0 amide bonds. The molecule has 0 fully saturated rings. The molecular formula is C13H12S. The van der Waals surface area contributed by atoms with Crippen molar-refractivity contribution in [2.75, 3.05) is 0 Å². The Hall–Kier alpha value is -1.34. The van der Waals surface area contributed by atoms with Crippen LogP contribution >= 0.6 is 11.3 Å². The number of hydrogen-bond acceptors (Lipinski definition) is 1. The van der Waals surface area contributed by atoms with Crippen LogP contribution in [0.25, 0.3) is 12.2 Å². The molecule has 0 aliphatic carbocycles. The van der Waals surface area contributed by atoms with E-state index < -0.39 is 0 Å². The van der Waals surface area contributed by atoms with Crippen LogP contribution in [0.3, 0.4) is 0 Å². The average Bonchev–Trinajstić information content (AvgIpc) is 2.70. The van der Waals surface area contributed by atoms with Crippen molar-refractivity contribution in [3.05, 3.63) is 57.8 Å². The van der Waals surface area contributed by atoms with Gasteiger partial charge in [-0.15, -0.1) is 0 Å². The summed E-state index contributed by atoms with van der Waals surface area (Å²) in [4.78, 5) is 0. The molecule has 1 aromatic carbocycles. The zero-order chi connectivity index (χ0) is 9.80. The number of benzene rings is 1. The van der Waals surface area contributed by atoms with E-state index in [0.717, 1.165) is 0 Å². The Balaban J connectivity index is 2.15. The first kappa shape index (κ1) is 9.22. The van der Waals surface area contributed by atoms with E-state index in [1.54, 1.807) is 11.3 Å². The predicted molar refractivity (Wildman–Crippen MR) is 64.4 cm³/mol. The highest BCUT2D eigenvalue weighted by atomic mass is 32.1. The number of thiophene rings is 1. The molecule has 0 N–H and O–H groups in total. The fraction of sp³-hybridized carbons (Fsp3) is 0.0769. The van der Waals surface area contributed by atoms with Crippen LogP contribution in [0, 0.1) is 6.92 Å². The standard InChI is InChI=1S/C13H12S/c1-11-2-4-12(5-3-11)6-7-13-8-9-14-10-13/h2-10H,1H3/b7-6+. The smallest absolute Gasteiger partial charge is 0.00208 e. The summed E-state index contributed by atoms with van der Waals surface area (Å²) in [6.45, 7) is 2.10. The average molecular weight is 200 g/mol. The first-order valence-corrected chi connectivity index (χ1v) is 5.56.